The van der Waals surface area contributed by atoms with E-state index in [1.165, 1.54) is 7.11 Å². The summed E-state index contributed by atoms with van der Waals surface area (Å²) in [5.41, 5.74) is 0.996. The third-order valence-electron chi connectivity index (χ3n) is 2.55. The standard InChI is InChI=1S/C14H12O3P/c1-17-18(16)13-10-6-5-9-12(13)14(15)11-7-3-2-4-8-11/h2-10H,1H3/q+1. The Balaban J connectivity index is 2.46. The second-order valence-electron chi connectivity index (χ2n) is 3.65. The SMILES string of the molecule is CO[P+](=O)c1ccccc1C(=O)c1ccccc1. The molecule has 0 aliphatic carbocycles. The van der Waals surface area contributed by atoms with Crippen molar-refractivity contribution in [3.05, 3.63) is 65.7 Å². The van der Waals surface area contributed by atoms with E-state index in [0.717, 1.165) is 0 Å². The summed E-state index contributed by atoms with van der Waals surface area (Å²) in [6.45, 7) is 0. The molecule has 0 heterocycles. The molecule has 0 aliphatic heterocycles. The average Bonchev–Trinajstić information content (AvgIpc) is 2.46. The second kappa shape index (κ2) is 5.67. The molecule has 0 aromatic heterocycles. The van der Waals surface area contributed by atoms with Crippen molar-refractivity contribution in [3.8, 4) is 0 Å². The molecule has 1 unspecified atom stereocenters. The van der Waals surface area contributed by atoms with Gasteiger partial charge in [0.15, 0.2) is 5.78 Å². The van der Waals surface area contributed by atoms with Crippen molar-refractivity contribution >= 4 is 19.1 Å². The molecule has 0 spiro atoms. The van der Waals surface area contributed by atoms with Gasteiger partial charge < -0.3 is 0 Å². The van der Waals surface area contributed by atoms with Gasteiger partial charge in [0.05, 0.1) is 12.7 Å². The van der Waals surface area contributed by atoms with Crippen LogP contribution in [-0.4, -0.2) is 12.9 Å². The van der Waals surface area contributed by atoms with Crippen LogP contribution in [0.5, 0.6) is 0 Å². The first-order valence-electron chi connectivity index (χ1n) is 5.44. The fraction of sp³-hybridized carbons (Fsp3) is 0.0714. The third kappa shape index (κ3) is 2.53. The highest BCUT2D eigenvalue weighted by atomic mass is 31.1. The topological polar surface area (TPSA) is 43.4 Å². The van der Waals surface area contributed by atoms with Gasteiger partial charge in [0.1, 0.15) is 0 Å². The molecule has 2 rings (SSSR count). The van der Waals surface area contributed by atoms with Crippen LogP contribution in [-0.2, 0) is 9.09 Å². The summed E-state index contributed by atoms with van der Waals surface area (Å²) in [6.07, 6.45) is 0. The maximum atomic E-state index is 12.3. The van der Waals surface area contributed by atoms with Crippen LogP contribution >= 0.6 is 8.03 Å². The van der Waals surface area contributed by atoms with E-state index in [2.05, 4.69) is 0 Å². The van der Waals surface area contributed by atoms with Crippen LogP contribution in [0.15, 0.2) is 54.6 Å². The van der Waals surface area contributed by atoms with E-state index in [1.807, 2.05) is 6.07 Å². The molecule has 90 valence electrons. The Hall–Kier alpha value is -1.83. The first kappa shape index (κ1) is 12.6. The third-order valence-corrected chi connectivity index (χ3v) is 3.66. The van der Waals surface area contributed by atoms with Gasteiger partial charge in [-0.15, -0.1) is 4.52 Å². The molecule has 18 heavy (non-hydrogen) atoms. The summed E-state index contributed by atoms with van der Waals surface area (Å²) in [5.74, 6) is -0.147. The minimum Gasteiger partial charge on any atom is -0.288 e. The lowest BCUT2D eigenvalue weighted by atomic mass is 10.0. The fourth-order valence-electron chi connectivity index (χ4n) is 1.67. The van der Waals surface area contributed by atoms with Crippen molar-refractivity contribution in [1.29, 1.82) is 0 Å². The normalized spacial score (nSPS) is 11.1. The summed E-state index contributed by atoms with van der Waals surface area (Å²) in [6, 6.07) is 15.7. The molecular weight excluding hydrogens is 247 g/mol. The van der Waals surface area contributed by atoms with Gasteiger partial charge in [-0.05, 0) is 16.7 Å². The van der Waals surface area contributed by atoms with Gasteiger partial charge in [0.25, 0.3) is 0 Å². The Morgan fingerprint density at radius 2 is 1.61 bits per heavy atom. The van der Waals surface area contributed by atoms with Crippen molar-refractivity contribution in [2.75, 3.05) is 7.11 Å². The van der Waals surface area contributed by atoms with Crippen molar-refractivity contribution in [2.45, 2.75) is 0 Å². The van der Waals surface area contributed by atoms with Gasteiger partial charge in [-0.25, -0.2) is 0 Å². The maximum Gasteiger partial charge on any atom is 0.549 e. The zero-order chi connectivity index (χ0) is 13.0. The first-order valence-corrected chi connectivity index (χ1v) is 6.62. The van der Waals surface area contributed by atoms with Crippen molar-refractivity contribution in [1.82, 2.24) is 0 Å². The van der Waals surface area contributed by atoms with E-state index >= 15 is 0 Å². The van der Waals surface area contributed by atoms with Crippen LogP contribution in [0.2, 0.25) is 0 Å². The van der Waals surface area contributed by atoms with Gasteiger partial charge in [0.2, 0.25) is 5.30 Å². The number of rotatable bonds is 4. The molecule has 0 bridgehead atoms. The molecule has 0 fully saturated rings. The van der Waals surface area contributed by atoms with Crippen molar-refractivity contribution < 1.29 is 13.9 Å². The molecule has 2 aromatic carbocycles. The molecule has 0 aliphatic rings. The Labute approximate surface area is 106 Å². The summed E-state index contributed by atoms with van der Waals surface area (Å²) >= 11 is 0. The quantitative estimate of drug-likeness (QED) is 0.626. The molecule has 0 saturated carbocycles. The smallest absolute Gasteiger partial charge is 0.288 e. The Bertz CT molecular complexity index is 579. The molecule has 1 atom stereocenters. The monoisotopic (exact) mass is 259 g/mol. The zero-order valence-electron chi connectivity index (χ0n) is 9.87. The minimum absolute atomic E-state index is 0.147. The van der Waals surface area contributed by atoms with E-state index in [-0.39, 0.29) is 5.78 Å². The highest BCUT2D eigenvalue weighted by molar-refractivity contribution is 7.48. The summed E-state index contributed by atoms with van der Waals surface area (Å²) in [4.78, 5) is 12.3. The largest absolute Gasteiger partial charge is 0.549 e. The highest BCUT2D eigenvalue weighted by Gasteiger charge is 2.27. The summed E-state index contributed by atoms with van der Waals surface area (Å²) in [5, 5.41) is 0.434. The zero-order valence-corrected chi connectivity index (χ0v) is 10.8. The maximum absolute atomic E-state index is 12.3. The van der Waals surface area contributed by atoms with Gasteiger partial charge in [-0.1, -0.05) is 42.5 Å². The van der Waals surface area contributed by atoms with Crippen molar-refractivity contribution in [2.24, 2.45) is 0 Å². The molecule has 0 saturated heterocycles. The molecule has 2 aromatic rings. The number of ketones is 1. The number of carbonyl (C=O) groups is 1. The van der Waals surface area contributed by atoms with E-state index in [0.29, 0.717) is 16.4 Å². The van der Waals surface area contributed by atoms with Crippen molar-refractivity contribution in [3.63, 3.8) is 0 Å². The number of carbonyl (C=O) groups excluding carboxylic acids is 1. The van der Waals surface area contributed by atoms with Gasteiger partial charge in [-0.2, -0.15) is 0 Å². The van der Waals surface area contributed by atoms with Crippen LogP contribution in [0.4, 0.5) is 0 Å². The lowest BCUT2D eigenvalue weighted by molar-refractivity contribution is 0.103. The predicted octanol–water partition coefficient (Wildman–Crippen LogP) is 2.93. The summed E-state index contributed by atoms with van der Waals surface area (Å²) in [7, 11) is -0.624. The van der Waals surface area contributed by atoms with Crippen LogP contribution in [0, 0.1) is 0 Å². The van der Waals surface area contributed by atoms with E-state index in [1.54, 1.807) is 48.5 Å². The Morgan fingerprint density at radius 3 is 2.28 bits per heavy atom. The predicted molar refractivity (Wildman–Crippen MR) is 70.6 cm³/mol. The second-order valence-corrected chi connectivity index (χ2v) is 5.01. The van der Waals surface area contributed by atoms with E-state index in [4.69, 9.17) is 4.52 Å². The molecular formula is C14H12O3P+. The lowest BCUT2D eigenvalue weighted by Gasteiger charge is -2.00. The lowest BCUT2D eigenvalue weighted by Crippen LogP contribution is -2.13. The van der Waals surface area contributed by atoms with E-state index in [9.17, 15) is 9.36 Å². The van der Waals surface area contributed by atoms with Crippen LogP contribution in [0.25, 0.3) is 0 Å². The minimum atomic E-state index is -1.99. The van der Waals surface area contributed by atoms with Gasteiger partial charge in [-0.3, -0.25) is 4.79 Å². The van der Waals surface area contributed by atoms with Crippen LogP contribution in [0.3, 0.4) is 0 Å². The Morgan fingerprint density at radius 1 is 1.00 bits per heavy atom. The highest BCUT2D eigenvalue weighted by Crippen LogP contribution is 2.23. The molecule has 4 heteroatoms. The first-order chi connectivity index (χ1) is 8.74. The van der Waals surface area contributed by atoms with E-state index < -0.39 is 8.03 Å². The van der Waals surface area contributed by atoms with Gasteiger partial charge >= 0.3 is 8.03 Å². The number of hydrogen-bond donors (Lipinski definition) is 0. The molecule has 0 amide bonds. The van der Waals surface area contributed by atoms with Crippen LogP contribution < -0.4 is 5.30 Å². The Kier molecular flexibility index (Phi) is 3.98. The molecule has 3 nitrogen and oxygen atoms in total. The molecule has 0 N–H and O–H groups in total. The number of hydrogen-bond acceptors (Lipinski definition) is 3. The van der Waals surface area contributed by atoms with Gasteiger partial charge in [0, 0.05) is 5.56 Å². The number of benzene rings is 2. The van der Waals surface area contributed by atoms with Crippen LogP contribution in [0.1, 0.15) is 15.9 Å². The average molecular weight is 259 g/mol. The molecule has 0 radical (unpaired) electrons. The summed E-state index contributed by atoms with van der Waals surface area (Å²) < 4.78 is 16.6. The fourth-order valence-corrected chi connectivity index (χ4v) is 2.45.